The number of anilines is 1. The van der Waals surface area contributed by atoms with Crippen molar-refractivity contribution in [3.05, 3.63) is 59.2 Å². The zero-order valence-corrected chi connectivity index (χ0v) is 14.3. The average molecular weight is 344 g/mol. The van der Waals surface area contributed by atoms with E-state index in [9.17, 15) is 13.0 Å². The number of hydrogen-bond acceptors (Lipinski definition) is 4. The molecule has 5 nitrogen and oxygen atoms in total. The van der Waals surface area contributed by atoms with Crippen molar-refractivity contribution in [1.29, 1.82) is 0 Å². The van der Waals surface area contributed by atoms with Gasteiger partial charge < -0.3 is 9.80 Å². The van der Waals surface area contributed by atoms with Gasteiger partial charge in [-0.3, -0.25) is 4.55 Å². The second kappa shape index (κ2) is 5.58. The summed E-state index contributed by atoms with van der Waals surface area (Å²) in [4.78, 5) is 4.66. The quantitative estimate of drug-likeness (QED) is 0.805. The molecule has 2 aliphatic rings. The van der Waals surface area contributed by atoms with Crippen molar-refractivity contribution >= 4 is 15.8 Å². The Kier molecular flexibility index (Phi) is 3.63. The van der Waals surface area contributed by atoms with Crippen LogP contribution in [0, 0.1) is 0 Å². The predicted octanol–water partition coefficient (Wildman–Crippen LogP) is 2.33. The molecule has 24 heavy (non-hydrogen) atoms. The number of nitrogens with zero attached hydrogens (tertiary/aromatic N) is 2. The van der Waals surface area contributed by atoms with Crippen molar-refractivity contribution in [1.82, 2.24) is 4.90 Å². The minimum Gasteiger partial charge on any atom is -0.362 e. The topological polar surface area (TPSA) is 60.9 Å². The van der Waals surface area contributed by atoms with Crippen molar-refractivity contribution in [2.75, 3.05) is 31.6 Å². The summed E-state index contributed by atoms with van der Waals surface area (Å²) < 4.78 is 32.4. The van der Waals surface area contributed by atoms with Crippen LogP contribution >= 0.6 is 0 Å². The predicted molar refractivity (Wildman–Crippen MR) is 93.1 cm³/mol. The van der Waals surface area contributed by atoms with Gasteiger partial charge in [-0.25, -0.2) is 0 Å². The number of hydrogen-bond donors (Lipinski definition) is 1. The van der Waals surface area contributed by atoms with Crippen LogP contribution in [0.3, 0.4) is 0 Å². The highest BCUT2D eigenvalue weighted by molar-refractivity contribution is 7.85. The van der Waals surface area contributed by atoms with E-state index in [4.69, 9.17) is 0 Å². The molecule has 0 radical (unpaired) electrons. The summed E-state index contributed by atoms with van der Waals surface area (Å²) in [6, 6.07) is 13.6. The standard InChI is InChI=1S/C18H20N2O3S/c1-19-8-9-20-17-7-6-15(24(21,22)23)11-14(17)10-13-4-2-3-5-16(13)18(20)12-19/h2-7,11,18H,8-10,12H2,1H3,(H,21,22,23). The first kappa shape index (κ1) is 15.6. The van der Waals surface area contributed by atoms with E-state index < -0.39 is 10.1 Å². The van der Waals surface area contributed by atoms with Crippen LogP contribution in [0.15, 0.2) is 47.4 Å². The molecule has 1 atom stereocenters. The molecule has 4 rings (SSSR count). The van der Waals surface area contributed by atoms with Crippen molar-refractivity contribution < 1.29 is 13.0 Å². The fraction of sp³-hybridized carbons (Fsp3) is 0.333. The van der Waals surface area contributed by atoms with Gasteiger partial charge in [0.05, 0.1) is 10.9 Å². The first-order valence-electron chi connectivity index (χ1n) is 8.07. The molecule has 1 saturated heterocycles. The van der Waals surface area contributed by atoms with E-state index >= 15 is 0 Å². The molecule has 2 aliphatic heterocycles. The fourth-order valence-corrected chi connectivity index (χ4v) is 4.37. The highest BCUT2D eigenvalue weighted by Crippen LogP contribution is 2.39. The van der Waals surface area contributed by atoms with Gasteiger partial charge in [-0.2, -0.15) is 8.42 Å². The monoisotopic (exact) mass is 344 g/mol. The molecular formula is C18H20N2O3S. The molecular weight excluding hydrogens is 324 g/mol. The lowest BCUT2D eigenvalue weighted by atomic mass is 9.96. The SMILES string of the molecule is CN1CCN2c3ccc(S(=O)(=O)O)cc3Cc3ccccc3C2C1. The highest BCUT2D eigenvalue weighted by atomic mass is 32.2. The molecule has 0 bridgehead atoms. The molecule has 1 fully saturated rings. The molecule has 1 unspecified atom stereocenters. The van der Waals surface area contributed by atoms with Gasteiger partial charge in [0.1, 0.15) is 0 Å². The Balaban J connectivity index is 1.90. The van der Waals surface area contributed by atoms with E-state index in [1.54, 1.807) is 6.07 Å². The van der Waals surface area contributed by atoms with E-state index in [-0.39, 0.29) is 10.9 Å². The van der Waals surface area contributed by atoms with Crippen LogP contribution in [-0.4, -0.2) is 44.6 Å². The van der Waals surface area contributed by atoms with E-state index in [2.05, 4.69) is 35.0 Å². The van der Waals surface area contributed by atoms with E-state index in [1.807, 2.05) is 12.1 Å². The highest BCUT2D eigenvalue weighted by Gasteiger charge is 2.32. The van der Waals surface area contributed by atoms with Gasteiger partial charge in [0, 0.05) is 25.3 Å². The molecule has 2 aromatic rings. The molecule has 126 valence electrons. The van der Waals surface area contributed by atoms with Crippen LogP contribution in [-0.2, 0) is 16.5 Å². The van der Waals surface area contributed by atoms with Gasteiger partial charge in [-0.05, 0) is 48.4 Å². The van der Waals surface area contributed by atoms with Gasteiger partial charge in [0.25, 0.3) is 10.1 Å². The molecule has 2 heterocycles. The molecule has 0 amide bonds. The van der Waals surface area contributed by atoms with Gasteiger partial charge in [0.15, 0.2) is 0 Å². The third kappa shape index (κ3) is 2.60. The Hall–Kier alpha value is -1.89. The second-order valence-electron chi connectivity index (χ2n) is 6.61. The van der Waals surface area contributed by atoms with Crippen LogP contribution in [0.2, 0.25) is 0 Å². The lowest BCUT2D eigenvalue weighted by Crippen LogP contribution is -2.46. The summed E-state index contributed by atoms with van der Waals surface area (Å²) >= 11 is 0. The smallest absolute Gasteiger partial charge is 0.294 e. The Morgan fingerprint density at radius 3 is 2.67 bits per heavy atom. The average Bonchev–Trinajstić information content (AvgIpc) is 2.67. The molecule has 6 heteroatoms. The first-order valence-corrected chi connectivity index (χ1v) is 9.51. The minimum atomic E-state index is -4.19. The Labute approximate surface area is 142 Å². The summed E-state index contributed by atoms with van der Waals surface area (Å²) in [5.41, 5.74) is 4.53. The summed E-state index contributed by atoms with van der Waals surface area (Å²) in [6.07, 6.45) is 0.672. The van der Waals surface area contributed by atoms with E-state index in [0.717, 1.165) is 30.9 Å². The van der Waals surface area contributed by atoms with Crippen LogP contribution in [0.4, 0.5) is 5.69 Å². The minimum absolute atomic E-state index is 0.0358. The number of likely N-dealkylation sites (N-methyl/N-ethyl adjacent to an activating group) is 1. The summed E-state index contributed by atoms with van der Waals surface area (Å²) in [6.45, 7) is 2.81. The third-order valence-electron chi connectivity index (χ3n) is 5.04. The maximum absolute atomic E-state index is 11.5. The number of piperazine rings is 1. The largest absolute Gasteiger partial charge is 0.362 e. The lowest BCUT2D eigenvalue weighted by molar-refractivity contribution is 0.269. The van der Waals surface area contributed by atoms with Crippen LogP contribution < -0.4 is 4.90 Å². The fourth-order valence-electron chi connectivity index (χ4n) is 3.84. The van der Waals surface area contributed by atoms with Crippen LogP contribution in [0.5, 0.6) is 0 Å². The van der Waals surface area contributed by atoms with Crippen LogP contribution in [0.25, 0.3) is 0 Å². The molecule has 0 aliphatic carbocycles. The molecule has 0 saturated carbocycles. The van der Waals surface area contributed by atoms with Gasteiger partial charge in [-0.15, -0.1) is 0 Å². The number of benzene rings is 2. The first-order chi connectivity index (χ1) is 11.4. The van der Waals surface area contributed by atoms with E-state index in [1.165, 1.54) is 17.2 Å². The van der Waals surface area contributed by atoms with Gasteiger partial charge in [0.2, 0.25) is 0 Å². The molecule has 0 aromatic heterocycles. The Bertz CT molecular complexity index is 895. The van der Waals surface area contributed by atoms with Crippen LogP contribution in [0.1, 0.15) is 22.7 Å². The molecule has 2 aromatic carbocycles. The lowest BCUT2D eigenvalue weighted by Gasteiger charge is -2.41. The van der Waals surface area contributed by atoms with Crippen molar-refractivity contribution in [3.63, 3.8) is 0 Å². The number of fused-ring (bicyclic) bond motifs is 5. The Morgan fingerprint density at radius 1 is 1.08 bits per heavy atom. The normalized spacial score (nSPS) is 20.8. The maximum Gasteiger partial charge on any atom is 0.294 e. The van der Waals surface area contributed by atoms with E-state index in [0.29, 0.717) is 6.42 Å². The summed E-state index contributed by atoms with van der Waals surface area (Å²) in [7, 11) is -2.06. The van der Waals surface area contributed by atoms with Gasteiger partial charge in [-0.1, -0.05) is 24.3 Å². The molecule has 1 N–H and O–H groups in total. The van der Waals surface area contributed by atoms with Crippen molar-refractivity contribution in [3.8, 4) is 0 Å². The summed E-state index contributed by atoms with van der Waals surface area (Å²) in [5.74, 6) is 0. The Morgan fingerprint density at radius 2 is 1.88 bits per heavy atom. The second-order valence-corrected chi connectivity index (χ2v) is 8.03. The maximum atomic E-state index is 11.5. The summed E-state index contributed by atoms with van der Waals surface area (Å²) in [5, 5.41) is 0. The zero-order chi connectivity index (χ0) is 16.9. The number of rotatable bonds is 1. The molecule has 0 spiro atoms. The third-order valence-corrected chi connectivity index (χ3v) is 5.89. The van der Waals surface area contributed by atoms with Gasteiger partial charge >= 0.3 is 0 Å². The van der Waals surface area contributed by atoms with Crippen molar-refractivity contribution in [2.24, 2.45) is 0 Å². The zero-order valence-electron chi connectivity index (χ0n) is 13.5. The van der Waals surface area contributed by atoms with Crippen molar-refractivity contribution in [2.45, 2.75) is 17.4 Å².